The number of ether oxygens (including phenoxy) is 2. The molecule has 316 valence electrons. The van der Waals surface area contributed by atoms with E-state index in [2.05, 4.69) is 131 Å². The van der Waals surface area contributed by atoms with Crippen molar-refractivity contribution in [1.29, 1.82) is 0 Å². The molecule has 4 N–H and O–H groups in total. The van der Waals surface area contributed by atoms with E-state index in [4.69, 9.17) is 9.47 Å². The number of nitrogens with zero attached hydrogens (tertiary/aromatic N) is 2. The van der Waals surface area contributed by atoms with Crippen LogP contribution in [0.2, 0.25) is 0 Å². The number of aromatic amines is 2. The van der Waals surface area contributed by atoms with E-state index < -0.39 is 23.9 Å². The van der Waals surface area contributed by atoms with Gasteiger partial charge in [0.2, 0.25) is 0 Å². The Morgan fingerprint density at radius 3 is 1.27 bits per heavy atom. The van der Waals surface area contributed by atoms with Gasteiger partial charge in [0.15, 0.2) is 5.78 Å². The zero-order valence-electron chi connectivity index (χ0n) is 36.4. The highest BCUT2D eigenvalue weighted by molar-refractivity contribution is 6.01. The van der Waals surface area contributed by atoms with Gasteiger partial charge < -0.3 is 39.9 Å². The Hall–Kier alpha value is -6.81. The average Bonchev–Trinajstić information content (AvgIpc) is 3.91. The summed E-state index contributed by atoms with van der Waals surface area (Å²) < 4.78 is 11.9. The maximum absolute atomic E-state index is 16.9. The number of ketones is 1. The second-order valence-electron chi connectivity index (χ2n) is 16.5. The molecule has 0 aliphatic heterocycles. The van der Waals surface area contributed by atoms with E-state index >= 15 is 4.79 Å². The molecule has 2 heterocycles. The van der Waals surface area contributed by atoms with Crippen molar-refractivity contribution in [1.82, 2.24) is 19.8 Å². The number of para-hydroxylation sites is 6. The minimum atomic E-state index is -0.718. The normalized spacial score (nSPS) is 13.5. The average molecular weight is 825 g/mol. The fraction of sp³-hybridized carbons (Fsp3) is 0.226. The van der Waals surface area contributed by atoms with E-state index in [1.807, 2.05) is 85.2 Å². The van der Waals surface area contributed by atoms with Gasteiger partial charge in [0, 0.05) is 47.3 Å². The minimum Gasteiger partial charge on any atom is -0.495 e. The first kappa shape index (κ1) is 41.9. The summed E-state index contributed by atoms with van der Waals surface area (Å²) in [6, 6.07) is 48.6. The molecule has 6 aromatic carbocycles. The SMILES string of the molecule is COc1ccccc1NC(c1ccc(CN(C)C)cc1)C(C(=O)C(c1c[nH]c2ccccc12)C(Nc1ccccc1OC)c1ccc(CN(C)C)cc1)c1c[nH]c2ccccc12. The molecule has 0 spiro atoms. The van der Waals surface area contributed by atoms with Crippen molar-refractivity contribution < 1.29 is 14.3 Å². The van der Waals surface area contributed by atoms with E-state index in [1.165, 1.54) is 11.1 Å². The lowest BCUT2D eigenvalue weighted by Crippen LogP contribution is -2.34. The highest BCUT2D eigenvalue weighted by Gasteiger charge is 2.42. The molecule has 4 unspecified atom stereocenters. The summed E-state index contributed by atoms with van der Waals surface area (Å²) >= 11 is 0. The van der Waals surface area contributed by atoms with Gasteiger partial charge in [-0.1, -0.05) is 109 Å². The molecule has 8 aromatic rings. The molecule has 0 fully saturated rings. The number of fused-ring (bicyclic) bond motifs is 2. The molecule has 0 aliphatic carbocycles. The van der Waals surface area contributed by atoms with Gasteiger partial charge in [0.1, 0.15) is 11.5 Å². The zero-order valence-corrected chi connectivity index (χ0v) is 36.4. The lowest BCUT2D eigenvalue weighted by Gasteiger charge is -2.35. The number of benzene rings is 6. The Morgan fingerprint density at radius 1 is 0.516 bits per heavy atom. The number of methoxy groups -OCH3 is 2. The molecular weight excluding hydrogens is 769 g/mol. The Labute approximate surface area is 364 Å². The fourth-order valence-electron chi connectivity index (χ4n) is 8.86. The van der Waals surface area contributed by atoms with Gasteiger partial charge in [-0.15, -0.1) is 0 Å². The van der Waals surface area contributed by atoms with Crippen LogP contribution in [0.3, 0.4) is 0 Å². The van der Waals surface area contributed by atoms with Crippen LogP contribution in [0, 0.1) is 0 Å². The van der Waals surface area contributed by atoms with Crippen LogP contribution < -0.4 is 20.1 Å². The molecule has 0 saturated carbocycles. The van der Waals surface area contributed by atoms with Crippen molar-refractivity contribution in [2.24, 2.45) is 0 Å². The first-order chi connectivity index (χ1) is 30.2. The van der Waals surface area contributed by atoms with E-state index in [9.17, 15) is 0 Å². The molecule has 0 bridgehead atoms. The van der Waals surface area contributed by atoms with Crippen molar-refractivity contribution in [3.05, 3.63) is 191 Å². The minimum absolute atomic E-state index is 0.0361. The lowest BCUT2D eigenvalue weighted by atomic mass is 9.73. The topological polar surface area (TPSA) is 97.7 Å². The molecule has 4 atom stereocenters. The van der Waals surface area contributed by atoms with Gasteiger partial charge in [0.25, 0.3) is 0 Å². The molecule has 8 rings (SSSR count). The molecule has 9 nitrogen and oxygen atoms in total. The Bertz CT molecular complexity index is 2550. The number of Topliss-reactive ketones (excluding diaryl/α,β-unsaturated/α-hetero) is 1. The van der Waals surface area contributed by atoms with Crippen molar-refractivity contribution in [3.8, 4) is 11.5 Å². The van der Waals surface area contributed by atoms with Crippen molar-refractivity contribution in [3.63, 3.8) is 0 Å². The van der Waals surface area contributed by atoms with E-state index in [0.29, 0.717) is 11.5 Å². The van der Waals surface area contributed by atoms with Gasteiger partial charge in [-0.2, -0.15) is 0 Å². The number of aromatic nitrogens is 2. The number of hydrogen-bond acceptors (Lipinski definition) is 7. The number of nitrogens with one attached hydrogen (secondary N) is 4. The zero-order chi connectivity index (χ0) is 43.2. The summed E-state index contributed by atoms with van der Waals surface area (Å²) in [5.41, 5.74) is 9.61. The highest BCUT2D eigenvalue weighted by Crippen LogP contribution is 2.48. The number of carbonyl (C=O) groups excluding carboxylic acids is 1. The second-order valence-corrected chi connectivity index (χ2v) is 16.5. The Morgan fingerprint density at radius 2 is 0.887 bits per heavy atom. The third-order valence-electron chi connectivity index (χ3n) is 11.7. The summed E-state index contributed by atoms with van der Waals surface area (Å²) in [7, 11) is 11.6. The summed E-state index contributed by atoms with van der Waals surface area (Å²) in [5.74, 6) is -0.0232. The fourth-order valence-corrected chi connectivity index (χ4v) is 8.86. The highest BCUT2D eigenvalue weighted by atomic mass is 16.5. The van der Waals surface area contributed by atoms with Crippen molar-refractivity contribution in [2.75, 3.05) is 53.0 Å². The van der Waals surface area contributed by atoms with Gasteiger partial charge in [0.05, 0.1) is 49.5 Å². The summed E-state index contributed by atoms with van der Waals surface area (Å²) in [5, 5.41) is 9.77. The largest absolute Gasteiger partial charge is 0.495 e. The molecule has 0 saturated heterocycles. The van der Waals surface area contributed by atoms with Crippen LogP contribution >= 0.6 is 0 Å². The van der Waals surface area contributed by atoms with Crippen LogP contribution in [0.4, 0.5) is 11.4 Å². The quantitative estimate of drug-likeness (QED) is 0.0684. The Balaban J connectivity index is 1.39. The standard InChI is InChI=1S/C53H56N6O3/c1-58(2)33-35-23-27-37(28-24-35)51(56-45-19-11-13-21-47(45)61-5)49(41-31-54-43-17-9-7-15-39(41)43)53(60)50(42-32-55-44-18-10-8-16-40(42)44)52(57-46-20-12-14-22-48(46)62-6)38-29-25-36(26-30-38)34-59(3)4/h7-32,49-52,54-57H,33-34H2,1-6H3. The third kappa shape index (κ3) is 8.96. The maximum atomic E-state index is 16.9. The number of rotatable bonds is 18. The Kier molecular flexibility index (Phi) is 12.7. The molecule has 62 heavy (non-hydrogen) atoms. The van der Waals surface area contributed by atoms with Crippen molar-refractivity contribution in [2.45, 2.75) is 37.0 Å². The van der Waals surface area contributed by atoms with E-state index in [-0.39, 0.29) is 5.78 Å². The van der Waals surface area contributed by atoms with E-state index in [1.54, 1.807) is 14.2 Å². The van der Waals surface area contributed by atoms with Gasteiger partial charge >= 0.3 is 0 Å². The number of carbonyl (C=O) groups is 1. The first-order valence-electron chi connectivity index (χ1n) is 21.1. The number of hydrogen-bond donors (Lipinski definition) is 4. The van der Waals surface area contributed by atoms with Gasteiger partial charge in [-0.3, -0.25) is 4.79 Å². The third-order valence-corrected chi connectivity index (χ3v) is 11.7. The van der Waals surface area contributed by atoms with E-state index in [0.717, 1.165) is 68.5 Å². The predicted molar refractivity (Wildman–Crippen MR) is 253 cm³/mol. The van der Waals surface area contributed by atoms with Gasteiger partial charge in [-0.25, -0.2) is 0 Å². The molecule has 0 aliphatic rings. The van der Waals surface area contributed by atoms with Crippen molar-refractivity contribution >= 4 is 39.0 Å². The maximum Gasteiger partial charge on any atom is 0.152 e. The summed E-state index contributed by atoms with van der Waals surface area (Å²) in [6.07, 6.45) is 4.05. The summed E-state index contributed by atoms with van der Waals surface area (Å²) in [4.78, 5) is 28.3. The monoisotopic (exact) mass is 824 g/mol. The van der Waals surface area contributed by atoms with Crippen LogP contribution in [-0.4, -0.2) is 68.0 Å². The number of anilines is 2. The first-order valence-corrected chi connectivity index (χ1v) is 21.1. The van der Waals surface area contributed by atoms with Crippen LogP contribution in [-0.2, 0) is 17.9 Å². The van der Waals surface area contributed by atoms with Gasteiger partial charge in [-0.05, 0) is 98.0 Å². The predicted octanol–water partition coefficient (Wildman–Crippen LogP) is 10.9. The molecule has 0 amide bonds. The lowest BCUT2D eigenvalue weighted by molar-refractivity contribution is -0.122. The molecular formula is C53H56N6O3. The summed E-state index contributed by atoms with van der Waals surface area (Å²) in [6.45, 7) is 1.59. The molecule has 0 radical (unpaired) electrons. The van der Waals surface area contributed by atoms with Crippen LogP contribution in [0.5, 0.6) is 11.5 Å². The molecule has 2 aromatic heterocycles. The van der Waals surface area contributed by atoms with Crippen LogP contribution in [0.25, 0.3) is 21.8 Å². The van der Waals surface area contributed by atoms with Crippen LogP contribution in [0.1, 0.15) is 57.3 Å². The number of H-pyrrole nitrogens is 2. The smallest absolute Gasteiger partial charge is 0.152 e. The van der Waals surface area contributed by atoms with Crippen LogP contribution in [0.15, 0.2) is 158 Å². The second kappa shape index (κ2) is 18.8. The molecule has 9 heteroatoms.